The van der Waals surface area contributed by atoms with Crippen molar-refractivity contribution in [1.82, 2.24) is 14.7 Å². The molecular weight excluding hydrogens is 216 g/mol. The molecule has 1 aromatic heterocycles. The summed E-state index contributed by atoms with van der Waals surface area (Å²) >= 11 is 0. The Kier molecular flexibility index (Phi) is 3.80. The van der Waals surface area contributed by atoms with E-state index in [0.29, 0.717) is 5.69 Å². The molecule has 0 aromatic carbocycles. The van der Waals surface area contributed by atoms with Crippen molar-refractivity contribution in [3.63, 3.8) is 0 Å². The molecule has 0 aliphatic heterocycles. The molecule has 96 valence electrons. The van der Waals surface area contributed by atoms with Crippen molar-refractivity contribution in [3.05, 3.63) is 12.4 Å². The van der Waals surface area contributed by atoms with Gasteiger partial charge in [-0.2, -0.15) is 5.10 Å². The molecule has 0 bridgehead atoms. The zero-order valence-electron chi connectivity index (χ0n) is 11.3. The Morgan fingerprint density at radius 2 is 2.18 bits per heavy atom. The van der Waals surface area contributed by atoms with Gasteiger partial charge in [0.15, 0.2) is 0 Å². The lowest BCUT2D eigenvalue weighted by Gasteiger charge is -2.35. The van der Waals surface area contributed by atoms with Gasteiger partial charge in [-0.3, -0.25) is 9.48 Å². The first-order chi connectivity index (χ1) is 7.71. The molecule has 1 amide bonds. The first-order valence-corrected chi connectivity index (χ1v) is 5.75. The summed E-state index contributed by atoms with van der Waals surface area (Å²) in [5.74, 6) is 0.0375. The van der Waals surface area contributed by atoms with Crippen LogP contribution >= 0.6 is 0 Å². The Hall–Kier alpha value is -1.52. The number of hydrogen-bond acceptors (Lipinski definition) is 3. The number of carbonyl (C=O) groups is 1. The highest BCUT2D eigenvalue weighted by molar-refractivity contribution is 5.76. The van der Waals surface area contributed by atoms with E-state index < -0.39 is 0 Å². The number of carbonyl (C=O) groups excluding carboxylic acids is 1. The third-order valence-corrected chi connectivity index (χ3v) is 3.18. The van der Waals surface area contributed by atoms with Gasteiger partial charge in [0.25, 0.3) is 0 Å². The SMILES string of the molecule is CC(N(C)C(=O)Cn1cc(N)cn1)C(C)(C)C. The maximum absolute atomic E-state index is 12.0. The summed E-state index contributed by atoms with van der Waals surface area (Å²) in [7, 11) is 1.82. The molecule has 1 atom stereocenters. The molecule has 5 nitrogen and oxygen atoms in total. The molecule has 0 radical (unpaired) electrons. The predicted molar refractivity (Wildman–Crippen MR) is 68.3 cm³/mol. The molecule has 0 fully saturated rings. The minimum atomic E-state index is 0.0375. The van der Waals surface area contributed by atoms with Crippen LogP contribution in [0.5, 0.6) is 0 Å². The Bertz CT molecular complexity index is 391. The normalized spacial score (nSPS) is 13.5. The first kappa shape index (κ1) is 13.5. The lowest BCUT2D eigenvalue weighted by atomic mass is 9.87. The monoisotopic (exact) mass is 238 g/mol. The van der Waals surface area contributed by atoms with Gasteiger partial charge in [0, 0.05) is 19.3 Å². The van der Waals surface area contributed by atoms with Gasteiger partial charge in [-0.25, -0.2) is 0 Å². The van der Waals surface area contributed by atoms with Crippen molar-refractivity contribution < 1.29 is 4.79 Å². The fourth-order valence-electron chi connectivity index (χ4n) is 1.51. The van der Waals surface area contributed by atoms with Crippen LogP contribution in [0.15, 0.2) is 12.4 Å². The van der Waals surface area contributed by atoms with E-state index in [1.165, 1.54) is 0 Å². The number of aromatic nitrogens is 2. The Morgan fingerprint density at radius 3 is 2.59 bits per heavy atom. The highest BCUT2D eigenvalue weighted by Crippen LogP contribution is 2.23. The number of hydrogen-bond donors (Lipinski definition) is 1. The van der Waals surface area contributed by atoms with Gasteiger partial charge in [-0.15, -0.1) is 0 Å². The molecule has 0 aliphatic rings. The number of amides is 1. The fourth-order valence-corrected chi connectivity index (χ4v) is 1.51. The van der Waals surface area contributed by atoms with E-state index >= 15 is 0 Å². The van der Waals surface area contributed by atoms with Gasteiger partial charge in [0.1, 0.15) is 6.54 Å². The zero-order chi connectivity index (χ0) is 13.2. The maximum atomic E-state index is 12.0. The molecule has 2 N–H and O–H groups in total. The number of nitrogens with zero attached hydrogens (tertiary/aromatic N) is 3. The van der Waals surface area contributed by atoms with Crippen molar-refractivity contribution in [3.8, 4) is 0 Å². The third-order valence-electron chi connectivity index (χ3n) is 3.18. The second-order valence-electron chi connectivity index (χ2n) is 5.52. The van der Waals surface area contributed by atoms with Crippen molar-refractivity contribution >= 4 is 11.6 Å². The minimum absolute atomic E-state index is 0.0375. The van der Waals surface area contributed by atoms with Crippen molar-refractivity contribution in [2.24, 2.45) is 5.41 Å². The minimum Gasteiger partial charge on any atom is -0.396 e. The molecule has 1 aromatic rings. The second kappa shape index (κ2) is 4.77. The molecule has 1 unspecified atom stereocenters. The Labute approximate surface area is 103 Å². The van der Waals surface area contributed by atoms with Gasteiger partial charge < -0.3 is 10.6 Å². The number of nitrogen functional groups attached to an aromatic ring is 1. The third kappa shape index (κ3) is 3.47. The second-order valence-corrected chi connectivity index (χ2v) is 5.52. The highest BCUT2D eigenvalue weighted by Gasteiger charge is 2.26. The topological polar surface area (TPSA) is 64.2 Å². The molecule has 0 spiro atoms. The van der Waals surface area contributed by atoms with Crippen LogP contribution in [-0.2, 0) is 11.3 Å². The number of likely N-dealkylation sites (N-methyl/N-ethyl adjacent to an activating group) is 1. The van der Waals surface area contributed by atoms with Crippen molar-refractivity contribution in [2.45, 2.75) is 40.3 Å². The van der Waals surface area contributed by atoms with Crippen LogP contribution in [-0.4, -0.2) is 33.7 Å². The summed E-state index contributed by atoms with van der Waals surface area (Å²) in [6, 6.07) is 0.169. The highest BCUT2D eigenvalue weighted by atomic mass is 16.2. The number of anilines is 1. The van der Waals surface area contributed by atoms with E-state index in [1.807, 2.05) is 7.05 Å². The molecule has 1 heterocycles. The molecule has 0 saturated carbocycles. The number of rotatable bonds is 3. The summed E-state index contributed by atoms with van der Waals surface area (Å²) in [4.78, 5) is 13.8. The van der Waals surface area contributed by atoms with Gasteiger partial charge >= 0.3 is 0 Å². The Balaban J connectivity index is 2.65. The zero-order valence-corrected chi connectivity index (χ0v) is 11.3. The van der Waals surface area contributed by atoms with E-state index in [2.05, 4.69) is 32.8 Å². The van der Waals surface area contributed by atoms with Gasteiger partial charge in [0.2, 0.25) is 5.91 Å². The van der Waals surface area contributed by atoms with Gasteiger partial charge in [-0.1, -0.05) is 20.8 Å². The fraction of sp³-hybridized carbons (Fsp3) is 0.667. The summed E-state index contributed by atoms with van der Waals surface area (Å²) in [6.07, 6.45) is 3.20. The molecule has 5 heteroatoms. The Morgan fingerprint density at radius 1 is 1.59 bits per heavy atom. The number of nitrogens with two attached hydrogens (primary N) is 1. The van der Waals surface area contributed by atoms with E-state index in [0.717, 1.165) is 0 Å². The first-order valence-electron chi connectivity index (χ1n) is 5.75. The smallest absolute Gasteiger partial charge is 0.244 e. The van der Waals surface area contributed by atoms with E-state index in [4.69, 9.17) is 5.73 Å². The molecule has 0 saturated heterocycles. The maximum Gasteiger partial charge on any atom is 0.244 e. The average molecular weight is 238 g/mol. The van der Waals surface area contributed by atoms with Crippen LogP contribution in [0, 0.1) is 5.41 Å². The van der Waals surface area contributed by atoms with Crippen molar-refractivity contribution in [1.29, 1.82) is 0 Å². The van der Waals surface area contributed by atoms with Crippen LogP contribution in [0.25, 0.3) is 0 Å². The molecule has 0 aliphatic carbocycles. The predicted octanol–water partition coefficient (Wildman–Crippen LogP) is 1.36. The lowest BCUT2D eigenvalue weighted by Crippen LogP contribution is -2.44. The van der Waals surface area contributed by atoms with Crippen LogP contribution in [0.3, 0.4) is 0 Å². The molecule has 1 rings (SSSR count). The molecular formula is C12H22N4O. The standard InChI is InChI=1S/C12H22N4O/c1-9(12(2,3)4)15(5)11(17)8-16-7-10(13)6-14-16/h6-7,9H,8,13H2,1-5H3. The quantitative estimate of drug-likeness (QED) is 0.864. The molecule has 17 heavy (non-hydrogen) atoms. The largest absolute Gasteiger partial charge is 0.396 e. The van der Waals surface area contributed by atoms with Crippen LogP contribution in [0.4, 0.5) is 5.69 Å². The van der Waals surface area contributed by atoms with Crippen LogP contribution < -0.4 is 5.73 Å². The lowest BCUT2D eigenvalue weighted by molar-refractivity contribution is -0.134. The van der Waals surface area contributed by atoms with Gasteiger partial charge in [0.05, 0.1) is 11.9 Å². The van der Waals surface area contributed by atoms with Crippen LogP contribution in [0.2, 0.25) is 0 Å². The van der Waals surface area contributed by atoms with Crippen LogP contribution in [0.1, 0.15) is 27.7 Å². The van der Waals surface area contributed by atoms with E-state index in [-0.39, 0.29) is 23.9 Å². The van der Waals surface area contributed by atoms with E-state index in [1.54, 1.807) is 22.0 Å². The van der Waals surface area contributed by atoms with E-state index in [9.17, 15) is 4.79 Å². The summed E-state index contributed by atoms with van der Waals surface area (Å²) in [5, 5.41) is 4.00. The van der Waals surface area contributed by atoms with Gasteiger partial charge in [-0.05, 0) is 12.3 Å². The average Bonchev–Trinajstić information content (AvgIpc) is 2.60. The summed E-state index contributed by atoms with van der Waals surface area (Å²) < 4.78 is 1.56. The van der Waals surface area contributed by atoms with Crippen molar-refractivity contribution in [2.75, 3.05) is 12.8 Å². The summed E-state index contributed by atoms with van der Waals surface area (Å²) in [6.45, 7) is 8.64. The summed E-state index contributed by atoms with van der Waals surface area (Å²) in [5.41, 5.74) is 6.19.